The number of hydrogen-bond acceptors (Lipinski definition) is 7. The van der Waals surface area contributed by atoms with Gasteiger partial charge in [-0.25, -0.2) is 0 Å². The maximum absolute atomic E-state index is 12.9. The normalized spacial score (nSPS) is 16.7. The zero-order valence-corrected chi connectivity index (χ0v) is 17.1. The zero-order valence-electron chi connectivity index (χ0n) is 17.1. The molecular formula is C19H33N3O5. The molecule has 0 saturated carbocycles. The second-order valence-electron chi connectivity index (χ2n) is 8.20. The van der Waals surface area contributed by atoms with E-state index in [0.29, 0.717) is 24.2 Å². The smallest absolute Gasteiger partial charge is 0.246 e. The van der Waals surface area contributed by atoms with Crippen LogP contribution in [0.4, 0.5) is 5.88 Å². The van der Waals surface area contributed by atoms with Gasteiger partial charge in [0.1, 0.15) is 0 Å². The van der Waals surface area contributed by atoms with Crippen LogP contribution in [0.5, 0.6) is 0 Å². The van der Waals surface area contributed by atoms with Crippen molar-refractivity contribution in [1.82, 2.24) is 10.1 Å². The van der Waals surface area contributed by atoms with E-state index in [2.05, 4.69) is 15.4 Å². The first kappa shape index (κ1) is 21.8. The van der Waals surface area contributed by atoms with Crippen molar-refractivity contribution in [3.63, 3.8) is 0 Å². The molecule has 2 N–H and O–H groups in total. The number of amides is 1. The van der Waals surface area contributed by atoms with Gasteiger partial charge in [0.25, 0.3) is 0 Å². The second kappa shape index (κ2) is 9.14. The lowest BCUT2D eigenvalue weighted by Gasteiger charge is -2.41. The lowest BCUT2D eigenvalue weighted by Crippen LogP contribution is -2.55. The minimum atomic E-state index is -0.700. The van der Waals surface area contributed by atoms with Gasteiger partial charge in [-0.15, -0.1) is 0 Å². The molecule has 2 rings (SSSR count). The summed E-state index contributed by atoms with van der Waals surface area (Å²) in [6.45, 7) is 9.85. The van der Waals surface area contributed by atoms with Gasteiger partial charge in [-0.3, -0.25) is 15.0 Å². The number of aliphatic hydroxyl groups is 1. The van der Waals surface area contributed by atoms with Crippen molar-refractivity contribution in [2.24, 2.45) is 0 Å². The van der Waals surface area contributed by atoms with Gasteiger partial charge in [0.05, 0.1) is 31.1 Å². The molecule has 1 aromatic heterocycles. The maximum Gasteiger partial charge on any atom is 0.246 e. The van der Waals surface area contributed by atoms with Crippen molar-refractivity contribution in [2.75, 3.05) is 45.4 Å². The Labute approximate surface area is 161 Å². The standard InChI is InChI=1S/C19H33N3O5/c1-18(2,13-26-11-8-23)15-12-16(27-21-15)20-17(24)19(3,4)22(5)14-6-9-25-10-7-14/h12,14,23H,6-11,13H2,1-5H3,(H,20,24). The predicted molar refractivity (Wildman–Crippen MR) is 102 cm³/mol. The van der Waals surface area contributed by atoms with E-state index in [1.54, 1.807) is 6.07 Å². The van der Waals surface area contributed by atoms with E-state index in [0.717, 1.165) is 26.1 Å². The molecule has 1 aliphatic heterocycles. The van der Waals surface area contributed by atoms with Crippen molar-refractivity contribution in [2.45, 2.75) is 57.5 Å². The summed E-state index contributed by atoms with van der Waals surface area (Å²) in [6, 6.07) is 2.04. The number of hydrogen-bond donors (Lipinski definition) is 2. The molecule has 0 radical (unpaired) electrons. The third-order valence-electron chi connectivity index (χ3n) is 5.31. The lowest BCUT2D eigenvalue weighted by atomic mass is 9.90. The van der Waals surface area contributed by atoms with E-state index in [1.807, 2.05) is 34.7 Å². The Bertz CT molecular complexity index is 608. The van der Waals surface area contributed by atoms with Crippen LogP contribution in [0.1, 0.15) is 46.2 Å². The highest BCUT2D eigenvalue weighted by Gasteiger charge is 2.37. The number of ether oxygens (including phenoxy) is 2. The summed E-state index contributed by atoms with van der Waals surface area (Å²) < 4.78 is 16.1. The number of nitrogens with zero attached hydrogens (tertiary/aromatic N) is 2. The van der Waals surface area contributed by atoms with Gasteiger partial charge >= 0.3 is 0 Å². The Hall–Kier alpha value is -1.48. The molecule has 1 saturated heterocycles. The number of aliphatic hydroxyl groups excluding tert-OH is 1. The van der Waals surface area contributed by atoms with Crippen LogP contribution in [0, 0.1) is 0 Å². The minimum Gasteiger partial charge on any atom is -0.394 e. The molecule has 1 aliphatic rings. The van der Waals surface area contributed by atoms with Crippen LogP contribution >= 0.6 is 0 Å². The molecular weight excluding hydrogens is 350 g/mol. The van der Waals surface area contributed by atoms with Gasteiger partial charge in [-0.1, -0.05) is 19.0 Å². The highest BCUT2D eigenvalue weighted by Crippen LogP contribution is 2.27. The number of anilines is 1. The SMILES string of the molecule is CN(C1CCOCC1)C(C)(C)C(=O)Nc1cc(C(C)(C)COCCO)no1. The maximum atomic E-state index is 12.9. The molecule has 2 heterocycles. The molecule has 0 aliphatic carbocycles. The quantitative estimate of drug-likeness (QED) is 0.628. The number of aromatic nitrogens is 1. The van der Waals surface area contributed by atoms with Gasteiger partial charge in [-0.05, 0) is 33.7 Å². The zero-order chi connectivity index (χ0) is 20.1. The summed E-state index contributed by atoms with van der Waals surface area (Å²) in [5.41, 5.74) is -0.406. The van der Waals surface area contributed by atoms with Crippen molar-refractivity contribution in [1.29, 1.82) is 0 Å². The Morgan fingerprint density at radius 1 is 1.37 bits per heavy atom. The number of nitrogens with one attached hydrogen (secondary N) is 1. The summed E-state index contributed by atoms with van der Waals surface area (Å²) in [5.74, 6) is 0.173. The second-order valence-corrected chi connectivity index (χ2v) is 8.20. The molecule has 1 fully saturated rings. The third-order valence-corrected chi connectivity index (χ3v) is 5.31. The summed E-state index contributed by atoms with van der Waals surface area (Å²) in [4.78, 5) is 15.0. The van der Waals surface area contributed by atoms with Crippen molar-refractivity contribution in [3.05, 3.63) is 11.8 Å². The number of rotatable bonds is 9. The van der Waals surface area contributed by atoms with Crippen LogP contribution in [0.15, 0.2) is 10.6 Å². The van der Waals surface area contributed by atoms with Crippen molar-refractivity contribution >= 4 is 11.8 Å². The van der Waals surface area contributed by atoms with Gasteiger partial charge in [0, 0.05) is 30.7 Å². The summed E-state index contributed by atoms with van der Waals surface area (Å²) in [7, 11) is 1.98. The van der Waals surface area contributed by atoms with Crippen LogP contribution in [-0.4, -0.2) is 72.7 Å². The molecule has 0 spiro atoms. The average Bonchev–Trinajstić information content (AvgIpc) is 3.11. The van der Waals surface area contributed by atoms with E-state index in [4.69, 9.17) is 19.1 Å². The molecule has 8 heteroatoms. The Morgan fingerprint density at radius 3 is 2.67 bits per heavy atom. The Morgan fingerprint density at radius 2 is 2.04 bits per heavy atom. The van der Waals surface area contributed by atoms with Crippen LogP contribution in [0.25, 0.3) is 0 Å². The lowest BCUT2D eigenvalue weighted by molar-refractivity contribution is -0.128. The highest BCUT2D eigenvalue weighted by atomic mass is 16.5. The summed E-state index contributed by atoms with van der Waals surface area (Å²) >= 11 is 0. The van der Waals surface area contributed by atoms with Crippen molar-refractivity contribution < 1.29 is 23.9 Å². The average molecular weight is 383 g/mol. The minimum absolute atomic E-state index is 0.0219. The first-order valence-electron chi connectivity index (χ1n) is 9.46. The van der Waals surface area contributed by atoms with Crippen LogP contribution in [0.3, 0.4) is 0 Å². The predicted octanol–water partition coefficient (Wildman–Crippen LogP) is 1.79. The van der Waals surface area contributed by atoms with Crippen LogP contribution < -0.4 is 5.32 Å². The van der Waals surface area contributed by atoms with Gasteiger partial charge in [0.2, 0.25) is 11.8 Å². The fraction of sp³-hybridized carbons (Fsp3) is 0.789. The molecule has 0 bridgehead atoms. The molecule has 0 aromatic carbocycles. The van der Waals surface area contributed by atoms with Crippen molar-refractivity contribution in [3.8, 4) is 0 Å². The molecule has 1 amide bonds. The Balaban J connectivity index is 1.99. The number of likely N-dealkylation sites (N-methyl/N-ethyl adjacent to an activating group) is 1. The monoisotopic (exact) mass is 383 g/mol. The Kier molecular flexibility index (Phi) is 7.39. The largest absolute Gasteiger partial charge is 0.394 e. The molecule has 1 aromatic rings. The third kappa shape index (κ3) is 5.51. The van der Waals surface area contributed by atoms with E-state index in [9.17, 15) is 4.79 Å². The van der Waals surface area contributed by atoms with E-state index >= 15 is 0 Å². The topological polar surface area (TPSA) is 97.1 Å². The first-order valence-corrected chi connectivity index (χ1v) is 9.46. The molecule has 154 valence electrons. The fourth-order valence-corrected chi connectivity index (χ4v) is 3.07. The number of carbonyl (C=O) groups excluding carboxylic acids is 1. The first-order chi connectivity index (χ1) is 12.7. The van der Waals surface area contributed by atoms with Crippen LogP contribution in [0.2, 0.25) is 0 Å². The molecule has 8 nitrogen and oxygen atoms in total. The molecule has 0 atom stereocenters. The molecule has 0 unspecified atom stereocenters. The van der Waals surface area contributed by atoms with Gasteiger partial charge in [0.15, 0.2) is 0 Å². The van der Waals surface area contributed by atoms with E-state index < -0.39 is 11.0 Å². The van der Waals surface area contributed by atoms with E-state index in [-0.39, 0.29) is 19.1 Å². The highest BCUT2D eigenvalue weighted by molar-refractivity contribution is 5.96. The van der Waals surface area contributed by atoms with Gasteiger partial charge in [-0.2, -0.15) is 0 Å². The summed E-state index contributed by atoms with van der Waals surface area (Å²) in [6.07, 6.45) is 1.84. The van der Waals surface area contributed by atoms with Gasteiger partial charge < -0.3 is 19.1 Å². The van der Waals surface area contributed by atoms with E-state index in [1.165, 1.54) is 0 Å². The summed E-state index contributed by atoms with van der Waals surface area (Å²) in [5, 5.41) is 15.7. The number of carbonyl (C=O) groups is 1. The van der Waals surface area contributed by atoms with Crippen LogP contribution in [-0.2, 0) is 19.7 Å². The fourth-order valence-electron chi connectivity index (χ4n) is 3.07. The molecule has 27 heavy (non-hydrogen) atoms.